The Hall–Kier alpha value is -0.260. The van der Waals surface area contributed by atoms with Crippen LogP contribution in [0.3, 0.4) is 0 Å². The smallest absolute Gasteiger partial charge is 0.133 e. The van der Waals surface area contributed by atoms with E-state index in [1.54, 1.807) is 0 Å². The van der Waals surface area contributed by atoms with Crippen LogP contribution in [0.25, 0.3) is 0 Å². The molecule has 0 unspecified atom stereocenters. The number of hydrogen-bond acceptors (Lipinski definition) is 4. The van der Waals surface area contributed by atoms with Crippen molar-refractivity contribution in [1.82, 2.24) is 10.3 Å². The van der Waals surface area contributed by atoms with Crippen LogP contribution in [0, 0.1) is 0 Å². The first-order valence-electron chi connectivity index (χ1n) is 7.64. The molecule has 1 saturated heterocycles. The minimum Gasteiger partial charge on any atom is -0.355 e. The van der Waals surface area contributed by atoms with Gasteiger partial charge < -0.3 is 10.2 Å². The van der Waals surface area contributed by atoms with E-state index in [4.69, 9.17) is 4.98 Å². The number of pyridine rings is 1. The summed E-state index contributed by atoms with van der Waals surface area (Å²) in [6, 6.07) is 2.68. The Morgan fingerprint density at radius 3 is 2.90 bits per heavy atom. The molecule has 118 valence electrons. The number of aromatic nitrogens is 1. The molecule has 2 heterocycles. The highest BCUT2D eigenvalue weighted by atomic mass is 79.9. The van der Waals surface area contributed by atoms with Crippen molar-refractivity contribution in [2.45, 2.75) is 51.4 Å². The summed E-state index contributed by atoms with van der Waals surface area (Å²) < 4.78 is 1.43. The van der Waals surface area contributed by atoms with Crippen LogP contribution in [0.1, 0.15) is 39.7 Å². The van der Waals surface area contributed by atoms with Gasteiger partial charge in [-0.25, -0.2) is 4.98 Å². The highest BCUT2D eigenvalue weighted by Crippen LogP contribution is 2.33. The minimum atomic E-state index is 0.375. The van der Waals surface area contributed by atoms with Crippen molar-refractivity contribution in [2.75, 3.05) is 23.7 Å². The average Bonchev–Trinajstić information content (AvgIpc) is 2.57. The molecule has 0 saturated carbocycles. The zero-order valence-electron chi connectivity index (χ0n) is 13.4. The molecule has 1 N–H and O–H groups in total. The van der Waals surface area contributed by atoms with Crippen molar-refractivity contribution < 1.29 is 0 Å². The second-order valence-corrected chi connectivity index (χ2v) is 9.23. The first kappa shape index (κ1) is 17.1. The summed E-state index contributed by atoms with van der Waals surface area (Å²) in [7, 11) is 0. The van der Waals surface area contributed by atoms with Crippen molar-refractivity contribution >= 4 is 33.5 Å². The first-order valence-corrected chi connectivity index (χ1v) is 9.42. The molecule has 2 rings (SSSR count). The topological polar surface area (TPSA) is 28.2 Å². The van der Waals surface area contributed by atoms with Crippen LogP contribution in [0.15, 0.2) is 16.7 Å². The number of halogens is 1. The number of hydrogen-bond donors (Lipinski definition) is 1. The fourth-order valence-electron chi connectivity index (χ4n) is 2.44. The van der Waals surface area contributed by atoms with Crippen LogP contribution in [-0.2, 0) is 6.54 Å². The predicted molar refractivity (Wildman–Crippen MR) is 97.3 cm³/mol. The Labute approximate surface area is 141 Å². The number of rotatable bonds is 4. The minimum absolute atomic E-state index is 0.375. The summed E-state index contributed by atoms with van der Waals surface area (Å²) in [6.45, 7) is 12.1. The molecule has 0 atom stereocenters. The number of thioether (sulfide) groups is 1. The molecular weight excluding hydrogens is 346 g/mol. The van der Waals surface area contributed by atoms with Crippen LogP contribution in [0.4, 0.5) is 5.82 Å². The number of nitrogens with one attached hydrogen (secondary N) is 1. The zero-order valence-corrected chi connectivity index (χ0v) is 15.9. The van der Waals surface area contributed by atoms with E-state index in [0.717, 1.165) is 29.9 Å². The van der Waals surface area contributed by atoms with Crippen LogP contribution in [0.5, 0.6) is 0 Å². The quantitative estimate of drug-likeness (QED) is 0.863. The van der Waals surface area contributed by atoms with E-state index in [1.807, 2.05) is 6.20 Å². The molecule has 0 aliphatic carbocycles. The van der Waals surface area contributed by atoms with Gasteiger partial charge in [0.1, 0.15) is 5.82 Å². The molecule has 0 bridgehead atoms. The lowest BCUT2D eigenvalue weighted by Crippen LogP contribution is -2.30. The Bertz CT molecular complexity index is 477. The van der Waals surface area contributed by atoms with Gasteiger partial charge in [0.2, 0.25) is 0 Å². The summed E-state index contributed by atoms with van der Waals surface area (Å²) in [5, 5.41) is 3.51. The summed E-state index contributed by atoms with van der Waals surface area (Å²) in [4.78, 5) is 7.15. The number of nitrogens with zero attached hydrogens (tertiary/aromatic N) is 2. The maximum atomic E-state index is 4.70. The third kappa shape index (κ3) is 5.15. The molecule has 0 aromatic carbocycles. The predicted octanol–water partition coefficient (Wildman–Crippen LogP) is 4.06. The van der Waals surface area contributed by atoms with Crippen molar-refractivity contribution in [1.29, 1.82) is 0 Å². The van der Waals surface area contributed by atoms with E-state index in [-0.39, 0.29) is 0 Å². The molecule has 1 fully saturated rings. The molecule has 1 aromatic rings. The molecular formula is C16H26BrN3S. The third-order valence-electron chi connectivity index (χ3n) is 3.75. The lowest BCUT2D eigenvalue weighted by molar-refractivity contribution is 0.584. The van der Waals surface area contributed by atoms with Crippen LogP contribution < -0.4 is 10.2 Å². The van der Waals surface area contributed by atoms with Crippen molar-refractivity contribution in [2.24, 2.45) is 0 Å². The van der Waals surface area contributed by atoms with E-state index < -0.39 is 0 Å². The van der Waals surface area contributed by atoms with Gasteiger partial charge in [0.25, 0.3) is 0 Å². The fraction of sp³-hybridized carbons (Fsp3) is 0.688. The van der Waals surface area contributed by atoms with Crippen molar-refractivity contribution in [3.63, 3.8) is 0 Å². The summed E-state index contributed by atoms with van der Waals surface area (Å²) >= 11 is 5.62. The zero-order chi connectivity index (χ0) is 15.5. The van der Waals surface area contributed by atoms with Gasteiger partial charge >= 0.3 is 0 Å². The maximum Gasteiger partial charge on any atom is 0.133 e. The molecule has 1 aliphatic rings. The van der Waals surface area contributed by atoms with E-state index in [2.05, 4.69) is 71.7 Å². The Morgan fingerprint density at radius 2 is 2.19 bits per heavy atom. The summed E-state index contributed by atoms with van der Waals surface area (Å²) in [6.07, 6.45) is 3.11. The summed E-state index contributed by atoms with van der Waals surface area (Å²) in [5.74, 6) is 2.31. The average molecular weight is 372 g/mol. The van der Waals surface area contributed by atoms with Crippen molar-refractivity contribution in [3.05, 3.63) is 22.3 Å². The molecule has 5 heteroatoms. The monoisotopic (exact) mass is 371 g/mol. The highest BCUT2D eigenvalue weighted by molar-refractivity contribution is 9.10. The maximum absolute atomic E-state index is 4.70. The largest absolute Gasteiger partial charge is 0.355 e. The Balaban J connectivity index is 2.17. The van der Waals surface area contributed by atoms with Gasteiger partial charge in [0, 0.05) is 52.4 Å². The van der Waals surface area contributed by atoms with E-state index >= 15 is 0 Å². The molecule has 1 aromatic heterocycles. The van der Waals surface area contributed by atoms with Gasteiger partial charge in [0.05, 0.1) is 0 Å². The van der Waals surface area contributed by atoms with Crippen LogP contribution in [-0.4, -0.2) is 34.6 Å². The molecule has 0 spiro atoms. The molecule has 0 amide bonds. The fourth-order valence-corrected chi connectivity index (χ4v) is 3.91. The second kappa shape index (κ2) is 7.34. The van der Waals surface area contributed by atoms with E-state index in [0.29, 0.717) is 10.8 Å². The highest BCUT2D eigenvalue weighted by Gasteiger charge is 2.25. The van der Waals surface area contributed by atoms with E-state index in [1.165, 1.54) is 17.7 Å². The van der Waals surface area contributed by atoms with Gasteiger partial charge in [0.15, 0.2) is 0 Å². The van der Waals surface area contributed by atoms with Gasteiger partial charge in [-0.2, -0.15) is 11.8 Å². The lowest BCUT2D eigenvalue weighted by Gasteiger charge is -2.25. The second-order valence-electron chi connectivity index (χ2n) is 6.52. The molecule has 21 heavy (non-hydrogen) atoms. The van der Waals surface area contributed by atoms with Crippen molar-refractivity contribution in [3.8, 4) is 0 Å². The lowest BCUT2D eigenvalue weighted by atomic mass is 10.1. The Kier molecular flexibility index (Phi) is 5.97. The Morgan fingerprint density at radius 1 is 1.43 bits per heavy atom. The van der Waals surface area contributed by atoms with Gasteiger partial charge in [-0.05, 0) is 28.4 Å². The number of anilines is 1. The molecule has 0 radical (unpaired) electrons. The van der Waals surface area contributed by atoms with Crippen LogP contribution >= 0.6 is 27.7 Å². The van der Waals surface area contributed by atoms with Gasteiger partial charge in [-0.1, -0.05) is 27.7 Å². The standard InChI is InChI=1S/C16H26BrN3S/c1-12(2)18-10-13-9-14(17)11-19-15(13)20-6-5-16(3,4)21-8-7-20/h9,11-12,18H,5-8,10H2,1-4H3. The third-order valence-corrected chi connectivity index (χ3v) is 5.55. The first-order chi connectivity index (χ1) is 9.87. The SMILES string of the molecule is CC(C)NCc1cc(Br)cnc1N1CCSC(C)(C)CC1. The van der Waals surface area contributed by atoms with Crippen LogP contribution in [0.2, 0.25) is 0 Å². The molecule has 3 nitrogen and oxygen atoms in total. The normalized spacial score (nSPS) is 18.9. The molecule has 1 aliphatic heterocycles. The summed E-state index contributed by atoms with van der Waals surface area (Å²) in [5.41, 5.74) is 1.28. The van der Waals surface area contributed by atoms with Gasteiger partial charge in [-0.3, -0.25) is 0 Å². The van der Waals surface area contributed by atoms with E-state index in [9.17, 15) is 0 Å². The van der Waals surface area contributed by atoms with Gasteiger partial charge in [-0.15, -0.1) is 0 Å².